The van der Waals surface area contributed by atoms with Crippen LogP contribution in [0.4, 0.5) is 10.2 Å². The van der Waals surface area contributed by atoms with Crippen molar-refractivity contribution in [3.05, 3.63) is 84.3 Å². The lowest BCUT2D eigenvalue weighted by Gasteiger charge is -2.24. The third kappa shape index (κ3) is 4.26. The Bertz CT molecular complexity index is 1150. The fourth-order valence-electron chi connectivity index (χ4n) is 4.28. The van der Waals surface area contributed by atoms with Crippen LogP contribution in [0, 0.1) is 5.82 Å². The van der Waals surface area contributed by atoms with Crippen molar-refractivity contribution in [3.8, 4) is 17.0 Å². The SMILES string of the molecule is Fc1ccc(-c2nc3c(OCc4ccccc4)cccn3c2NC2CCCCC2)cc1. The highest BCUT2D eigenvalue weighted by atomic mass is 19.1. The standard InChI is InChI=1S/C26H26FN3O/c27-21-15-13-20(14-16-21)24-26(28-22-10-5-2-6-11-22)30-17-7-12-23(25(30)29-24)31-18-19-8-3-1-4-9-19/h1,3-4,7-9,12-17,22,28H,2,5-6,10-11,18H2. The summed E-state index contributed by atoms with van der Waals surface area (Å²) >= 11 is 0. The molecule has 5 heteroatoms. The molecule has 1 saturated carbocycles. The molecule has 4 nitrogen and oxygen atoms in total. The number of benzene rings is 2. The maximum absolute atomic E-state index is 13.5. The summed E-state index contributed by atoms with van der Waals surface area (Å²) in [6, 6.07) is 21.0. The molecule has 0 spiro atoms. The quantitative estimate of drug-likeness (QED) is 0.392. The van der Waals surface area contributed by atoms with Crippen LogP contribution in [-0.2, 0) is 6.61 Å². The van der Waals surface area contributed by atoms with Gasteiger partial charge in [0.25, 0.3) is 0 Å². The highest BCUT2D eigenvalue weighted by Crippen LogP contribution is 2.34. The number of ether oxygens (including phenoxy) is 1. The lowest BCUT2D eigenvalue weighted by atomic mass is 9.95. The molecule has 4 aromatic rings. The van der Waals surface area contributed by atoms with Gasteiger partial charge in [-0.25, -0.2) is 9.37 Å². The average Bonchev–Trinajstić information content (AvgIpc) is 3.18. The lowest BCUT2D eigenvalue weighted by Crippen LogP contribution is -2.23. The zero-order valence-corrected chi connectivity index (χ0v) is 17.4. The summed E-state index contributed by atoms with van der Waals surface area (Å²) in [6.45, 7) is 0.477. The van der Waals surface area contributed by atoms with Crippen molar-refractivity contribution in [2.45, 2.75) is 44.8 Å². The van der Waals surface area contributed by atoms with Crippen molar-refractivity contribution in [2.24, 2.45) is 0 Å². The van der Waals surface area contributed by atoms with Crippen LogP contribution in [-0.4, -0.2) is 15.4 Å². The second-order valence-corrected chi connectivity index (χ2v) is 8.14. The molecular formula is C26H26FN3O. The van der Waals surface area contributed by atoms with Crippen molar-refractivity contribution < 1.29 is 9.13 Å². The van der Waals surface area contributed by atoms with Gasteiger partial charge >= 0.3 is 0 Å². The van der Waals surface area contributed by atoms with Crippen LogP contribution in [0.3, 0.4) is 0 Å². The minimum atomic E-state index is -0.249. The minimum absolute atomic E-state index is 0.249. The minimum Gasteiger partial charge on any atom is -0.485 e. The molecular weight excluding hydrogens is 389 g/mol. The molecule has 0 saturated heterocycles. The molecule has 2 heterocycles. The Labute approximate surface area is 181 Å². The Morgan fingerprint density at radius 2 is 1.71 bits per heavy atom. The second kappa shape index (κ2) is 8.80. The van der Waals surface area contributed by atoms with Gasteiger partial charge in [0.15, 0.2) is 11.4 Å². The van der Waals surface area contributed by atoms with Gasteiger partial charge in [0, 0.05) is 17.8 Å². The topological polar surface area (TPSA) is 38.6 Å². The van der Waals surface area contributed by atoms with Crippen LogP contribution < -0.4 is 10.1 Å². The summed E-state index contributed by atoms with van der Waals surface area (Å²) in [5.74, 6) is 1.42. The summed E-state index contributed by atoms with van der Waals surface area (Å²) < 4.78 is 21.8. The van der Waals surface area contributed by atoms with Crippen molar-refractivity contribution in [1.82, 2.24) is 9.38 Å². The largest absolute Gasteiger partial charge is 0.485 e. The van der Waals surface area contributed by atoms with E-state index in [1.54, 1.807) is 12.1 Å². The van der Waals surface area contributed by atoms with Gasteiger partial charge in [-0.05, 0) is 54.8 Å². The van der Waals surface area contributed by atoms with E-state index < -0.39 is 0 Å². The Morgan fingerprint density at radius 1 is 0.935 bits per heavy atom. The van der Waals surface area contributed by atoms with Crippen LogP contribution in [0.1, 0.15) is 37.7 Å². The number of nitrogens with zero attached hydrogens (tertiary/aromatic N) is 2. The zero-order valence-electron chi connectivity index (χ0n) is 17.4. The van der Waals surface area contributed by atoms with E-state index in [1.165, 1.54) is 31.4 Å². The molecule has 0 aliphatic heterocycles. The van der Waals surface area contributed by atoms with E-state index in [4.69, 9.17) is 9.72 Å². The van der Waals surface area contributed by atoms with E-state index in [0.717, 1.165) is 46.9 Å². The van der Waals surface area contributed by atoms with Gasteiger partial charge in [-0.2, -0.15) is 0 Å². The van der Waals surface area contributed by atoms with Crippen LogP contribution >= 0.6 is 0 Å². The number of pyridine rings is 1. The van der Waals surface area contributed by atoms with Crippen LogP contribution in [0.25, 0.3) is 16.9 Å². The third-order valence-electron chi connectivity index (χ3n) is 5.92. The summed E-state index contributed by atoms with van der Waals surface area (Å²) in [6.07, 6.45) is 8.10. The third-order valence-corrected chi connectivity index (χ3v) is 5.92. The predicted octanol–water partition coefficient (Wildman–Crippen LogP) is 6.46. The molecule has 1 N–H and O–H groups in total. The summed E-state index contributed by atoms with van der Waals surface area (Å²) in [5, 5.41) is 3.74. The normalized spacial score (nSPS) is 14.6. The smallest absolute Gasteiger partial charge is 0.181 e. The van der Waals surface area contributed by atoms with Crippen molar-refractivity contribution >= 4 is 11.5 Å². The van der Waals surface area contributed by atoms with Crippen LogP contribution in [0.2, 0.25) is 0 Å². The van der Waals surface area contributed by atoms with Gasteiger partial charge in [0.2, 0.25) is 0 Å². The Balaban J connectivity index is 1.54. The molecule has 2 aromatic carbocycles. The molecule has 1 aliphatic carbocycles. The zero-order chi connectivity index (χ0) is 21.0. The number of imidazole rings is 1. The number of hydrogen-bond donors (Lipinski definition) is 1. The van der Waals surface area contributed by atoms with Gasteiger partial charge in [0.1, 0.15) is 23.9 Å². The van der Waals surface area contributed by atoms with Crippen molar-refractivity contribution in [2.75, 3.05) is 5.32 Å². The molecule has 31 heavy (non-hydrogen) atoms. The first-order chi connectivity index (χ1) is 15.3. The first-order valence-corrected chi connectivity index (χ1v) is 11.0. The second-order valence-electron chi connectivity index (χ2n) is 8.14. The van der Waals surface area contributed by atoms with E-state index in [0.29, 0.717) is 12.6 Å². The van der Waals surface area contributed by atoms with E-state index in [2.05, 4.69) is 9.72 Å². The fourth-order valence-corrected chi connectivity index (χ4v) is 4.28. The van der Waals surface area contributed by atoms with Gasteiger partial charge in [0.05, 0.1) is 0 Å². The Morgan fingerprint density at radius 3 is 2.48 bits per heavy atom. The fraction of sp³-hybridized carbons (Fsp3) is 0.269. The summed E-state index contributed by atoms with van der Waals surface area (Å²) in [4.78, 5) is 4.94. The highest BCUT2D eigenvalue weighted by molar-refractivity contribution is 5.78. The van der Waals surface area contributed by atoms with E-state index in [1.807, 2.05) is 48.7 Å². The number of halogens is 1. The molecule has 0 atom stereocenters. The van der Waals surface area contributed by atoms with Crippen LogP contribution in [0.15, 0.2) is 72.9 Å². The molecule has 0 radical (unpaired) electrons. The molecule has 5 rings (SSSR count). The number of hydrogen-bond acceptors (Lipinski definition) is 3. The van der Waals surface area contributed by atoms with E-state index in [-0.39, 0.29) is 5.82 Å². The number of anilines is 1. The maximum Gasteiger partial charge on any atom is 0.181 e. The van der Waals surface area contributed by atoms with Crippen LogP contribution in [0.5, 0.6) is 5.75 Å². The summed E-state index contributed by atoms with van der Waals surface area (Å²) in [7, 11) is 0. The number of nitrogens with one attached hydrogen (secondary N) is 1. The van der Waals surface area contributed by atoms with Gasteiger partial charge in [-0.15, -0.1) is 0 Å². The molecule has 0 unspecified atom stereocenters. The van der Waals surface area contributed by atoms with Gasteiger partial charge in [-0.1, -0.05) is 49.6 Å². The molecule has 1 fully saturated rings. The monoisotopic (exact) mass is 415 g/mol. The van der Waals surface area contributed by atoms with Gasteiger partial charge < -0.3 is 10.1 Å². The first-order valence-electron chi connectivity index (χ1n) is 11.0. The van der Waals surface area contributed by atoms with E-state index >= 15 is 0 Å². The average molecular weight is 416 g/mol. The van der Waals surface area contributed by atoms with Crippen molar-refractivity contribution in [1.29, 1.82) is 0 Å². The van der Waals surface area contributed by atoms with Crippen molar-refractivity contribution in [3.63, 3.8) is 0 Å². The summed E-state index contributed by atoms with van der Waals surface area (Å²) in [5.41, 5.74) is 3.57. The molecule has 0 amide bonds. The van der Waals surface area contributed by atoms with Gasteiger partial charge in [-0.3, -0.25) is 4.40 Å². The maximum atomic E-state index is 13.5. The molecule has 0 bridgehead atoms. The van der Waals surface area contributed by atoms with E-state index in [9.17, 15) is 4.39 Å². The Kier molecular flexibility index (Phi) is 5.57. The highest BCUT2D eigenvalue weighted by Gasteiger charge is 2.21. The number of rotatable bonds is 6. The lowest BCUT2D eigenvalue weighted by molar-refractivity contribution is 0.308. The predicted molar refractivity (Wildman–Crippen MR) is 122 cm³/mol. The molecule has 1 aliphatic rings. The first kappa shape index (κ1) is 19.6. The number of fused-ring (bicyclic) bond motifs is 1. The number of aromatic nitrogens is 2. The Hall–Kier alpha value is -3.34. The molecule has 158 valence electrons. The molecule has 2 aromatic heterocycles.